The minimum atomic E-state index is -0.741. The standard InChI is InChI=1S/C21H20N2O/c1-2-14-23-19-13-6-5-12-18(19)22-21(23)20(24)17-11-7-9-15-8-3-4-10-16(15)17/h3-13,20,24H,2,14H2,1H3/t20-/m1/s1. The van der Waals surface area contributed by atoms with Crippen LogP contribution in [0.1, 0.15) is 30.8 Å². The van der Waals surface area contributed by atoms with Crippen molar-refractivity contribution in [2.75, 3.05) is 0 Å². The van der Waals surface area contributed by atoms with Gasteiger partial charge in [-0.2, -0.15) is 0 Å². The van der Waals surface area contributed by atoms with Crippen LogP contribution in [0.3, 0.4) is 0 Å². The van der Waals surface area contributed by atoms with Crippen LogP contribution in [0.15, 0.2) is 66.7 Å². The molecule has 0 amide bonds. The molecule has 0 aliphatic heterocycles. The Hall–Kier alpha value is -2.65. The van der Waals surface area contributed by atoms with Crippen molar-refractivity contribution in [3.63, 3.8) is 0 Å². The first-order chi connectivity index (χ1) is 11.8. The van der Waals surface area contributed by atoms with Gasteiger partial charge in [0.25, 0.3) is 0 Å². The molecule has 0 spiro atoms. The SMILES string of the molecule is CCCn1c([C@H](O)c2cccc3ccccc23)nc2ccccc21. The monoisotopic (exact) mass is 316 g/mol. The molecule has 0 bridgehead atoms. The van der Waals surface area contributed by atoms with Crippen LogP contribution in [-0.2, 0) is 6.54 Å². The van der Waals surface area contributed by atoms with Gasteiger partial charge in [0.1, 0.15) is 11.9 Å². The van der Waals surface area contributed by atoms with Gasteiger partial charge in [0, 0.05) is 6.54 Å². The summed E-state index contributed by atoms with van der Waals surface area (Å²) in [6, 6.07) is 22.3. The predicted molar refractivity (Wildman–Crippen MR) is 98.0 cm³/mol. The third-order valence-electron chi connectivity index (χ3n) is 4.49. The highest BCUT2D eigenvalue weighted by Crippen LogP contribution is 2.30. The molecule has 0 radical (unpaired) electrons. The van der Waals surface area contributed by atoms with Crippen molar-refractivity contribution in [3.05, 3.63) is 78.1 Å². The smallest absolute Gasteiger partial charge is 0.143 e. The van der Waals surface area contributed by atoms with E-state index >= 15 is 0 Å². The Morgan fingerprint density at radius 2 is 1.71 bits per heavy atom. The molecular weight excluding hydrogens is 296 g/mol. The summed E-state index contributed by atoms with van der Waals surface area (Å²) in [7, 11) is 0. The molecule has 1 N–H and O–H groups in total. The van der Waals surface area contributed by atoms with Crippen LogP contribution in [-0.4, -0.2) is 14.7 Å². The van der Waals surface area contributed by atoms with Crippen molar-refractivity contribution in [2.24, 2.45) is 0 Å². The summed E-state index contributed by atoms with van der Waals surface area (Å²) in [5.41, 5.74) is 2.91. The average Bonchev–Trinajstić information content (AvgIpc) is 3.00. The van der Waals surface area contributed by atoms with Crippen LogP contribution >= 0.6 is 0 Å². The van der Waals surface area contributed by atoms with E-state index in [0.29, 0.717) is 0 Å². The first kappa shape index (κ1) is 14.9. The maximum atomic E-state index is 11.1. The molecule has 3 aromatic carbocycles. The second kappa shape index (κ2) is 6.10. The van der Waals surface area contributed by atoms with Gasteiger partial charge in [-0.25, -0.2) is 4.98 Å². The van der Waals surface area contributed by atoms with Gasteiger partial charge in [-0.3, -0.25) is 0 Å². The Kier molecular flexibility index (Phi) is 3.79. The van der Waals surface area contributed by atoms with Gasteiger partial charge in [-0.15, -0.1) is 0 Å². The van der Waals surface area contributed by atoms with E-state index in [1.807, 2.05) is 42.5 Å². The topological polar surface area (TPSA) is 38.0 Å². The van der Waals surface area contributed by atoms with Crippen LogP contribution in [0.25, 0.3) is 21.8 Å². The molecule has 0 fully saturated rings. The molecule has 24 heavy (non-hydrogen) atoms. The van der Waals surface area contributed by atoms with Gasteiger partial charge in [0.2, 0.25) is 0 Å². The number of hydrogen-bond donors (Lipinski definition) is 1. The number of imidazole rings is 1. The first-order valence-corrected chi connectivity index (χ1v) is 8.40. The highest BCUT2D eigenvalue weighted by Gasteiger charge is 2.20. The van der Waals surface area contributed by atoms with E-state index in [-0.39, 0.29) is 0 Å². The van der Waals surface area contributed by atoms with Gasteiger partial charge in [0.05, 0.1) is 11.0 Å². The predicted octanol–water partition coefficient (Wildman–Crippen LogP) is 4.68. The molecule has 0 saturated carbocycles. The fourth-order valence-corrected chi connectivity index (χ4v) is 3.39. The lowest BCUT2D eigenvalue weighted by atomic mass is 10.00. The number of fused-ring (bicyclic) bond motifs is 2. The molecule has 0 saturated heterocycles. The minimum absolute atomic E-state index is 0.717. The lowest BCUT2D eigenvalue weighted by molar-refractivity contribution is 0.206. The number of rotatable bonds is 4. The van der Waals surface area contributed by atoms with Gasteiger partial charge in [0.15, 0.2) is 0 Å². The number of nitrogens with zero attached hydrogens (tertiary/aromatic N) is 2. The Morgan fingerprint density at radius 3 is 2.58 bits per heavy atom. The molecule has 0 aliphatic rings. The van der Waals surface area contributed by atoms with Gasteiger partial charge < -0.3 is 9.67 Å². The second-order valence-corrected chi connectivity index (χ2v) is 6.08. The molecule has 3 nitrogen and oxygen atoms in total. The van der Waals surface area contributed by atoms with Gasteiger partial charge in [-0.05, 0) is 34.9 Å². The van der Waals surface area contributed by atoms with Crippen molar-refractivity contribution < 1.29 is 5.11 Å². The Morgan fingerprint density at radius 1 is 0.958 bits per heavy atom. The van der Waals surface area contributed by atoms with E-state index in [9.17, 15) is 5.11 Å². The van der Waals surface area contributed by atoms with E-state index < -0.39 is 6.10 Å². The number of aryl methyl sites for hydroxylation is 1. The van der Waals surface area contributed by atoms with Crippen molar-refractivity contribution >= 4 is 21.8 Å². The fourth-order valence-electron chi connectivity index (χ4n) is 3.39. The van der Waals surface area contributed by atoms with Crippen molar-refractivity contribution in [3.8, 4) is 0 Å². The van der Waals surface area contributed by atoms with E-state index in [2.05, 4.69) is 35.8 Å². The zero-order valence-electron chi connectivity index (χ0n) is 13.7. The van der Waals surface area contributed by atoms with Crippen LogP contribution in [0, 0.1) is 0 Å². The van der Waals surface area contributed by atoms with Crippen molar-refractivity contribution in [1.29, 1.82) is 0 Å². The van der Waals surface area contributed by atoms with E-state index in [1.54, 1.807) is 0 Å². The molecule has 0 unspecified atom stereocenters. The van der Waals surface area contributed by atoms with Crippen LogP contribution in [0.5, 0.6) is 0 Å². The minimum Gasteiger partial charge on any atom is -0.380 e. The third-order valence-corrected chi connectivity index (χ3v) is 4.49. The lowest BCUT2D eigenvalue weighted by Gasteiger charge is -2.15. The number of aliphatic hydroxyl groups is 1. The van der Waals surface area contributed by atoms with Gasteiger partial charge in [-0.1, -0.05) is 61.5 Å². The normalized spacial score (nSPS) is 12.8. The maximum absolute atomic E-state index is 11.1. The highest BCUT2D eigenvalue weighted by atomic mass is 16.3. The quantitative estimate of drug-likeness (QED) is 0.593. The Balaban J connectivity index is 1.91. The maximum Gasteiger partial charge on any atom is 0.143 e. The summed E-state index contributed by atoms with van der Waals surface area (Å²) in [6.07, 6.45) is 0.255. The van der Waals surface area contributed by atoms with Crippen LogP contribution < -0.4 is 0 Å². The Bertz CT molecular complexity index is 998. The molecule has 120 valence electrons. The zero-order chi connectivity index (χ0) is 16.5. The molecule has 1 aromatic heterocycles. The average molecular weight is 316 g/mol. The van der Waals surface area contributed by atoms with E-state index in [4.69, 9.17) is 4.98 Å². The largest absolute Gasteiger partial charge is 0.380 e. The van der Waals surface area contributed by atoms with Crippen molar-refractivity contribution in [2.45, 2.75) is 26.0 Å². The summed E-state index contributed by atoms with van der Waals surface area (Å²) in [5, 5.41) is 13.3. The highest BCUT2D eigenvalue weighted by molar-refractivity contribution is 5.86. The summed E-state index contributed by atoms with van der Waals surface area (Å²) in [6.45, 7) is 2.99. The van der Waals surface area contributed by atoms with E-state index in [0.717, 1.165) is 46.2 Å². The Labute approximate surface area is 141 Å². The van der Waals surface area contributed by atoms with Gasteiger partial charge >= 0.3 is 0 Å². The first-order valence-electron chi connectivity index (χ1n) is 8.40. The second-order valence-electron chi connectivity index (χ2n) is 6.08. The number of aromatic nitrogens is 2. The fraction of sp³-hybridized carbons (Fsp3) is 0.190. The summed E-state index contributed by atoms with van der Waals surface area (Å²) < 4.78 is 2.14. The van der Waals surface area contributed by atoms with E-state index in [1.165, 1.54) is 0 Å². The zero-order valence-corrected chi connectivity index (χ0v) is 13.7. The summed E-state index contributed by atoms with van der Waals surface area (Å²) in [5.74, 6) is 0.717. The number of benzene rings is 3. The number of hydrogen-bond acceptors (Lipinski definition) is 2. The molecular formula is C21H20N2O. The molecule has 1 heterocycles. The lowest BCUT2D eigenvalue weighted by Crippen LogP contribution is -2.10. The third kappa shape index (κ3) is 2.38. The molecule has 0 aliphatic carbocycles. The molecule has 4 aromatic rings. The van der Waals surface area contributed by atoms with Crippen LogP contribution in [0.4, 0.5) is 0 Å². The number of aliphatic hydroxyl groups excluding tert-OH is 1. The molecule has 3 heteroatoms. The summed E-state index contributed by atoms with van der Waals surface area (Å²) >= 11 is 0. The molecule has 1 atom stereocenters. The molecule has 4 rings (SSSR count). The van der Waals surface area contributed by atoms with Crippen molar-refractivity contribution in [1.82, 2.24) is 9.55 Å². The van der Waals surface area contributed by atoms with Crippen LogP contribution in [0.2, 0.25) is 0 Å². The number of para-hydroxylation sites is 2. The summed E-state index contributed by atoms with van der Waals surface area (Å²) in [4.78, 5) is 4.73.